The molecule has 13 heavy (non-hydrogen) atoms. The minimum atomic E-state index is 0.552. The van der Waals surface area contributed by atoms with Crippen LogP contribution in [0, 0.1) is 5.92 Å². The predicted molar refractivity (Wildman–Crippen MR) is 55.1 cm³/mol. The summed E-state index contributed by atoms with van der Waals surface area (Å²) in [5.41, 5.74) is 0. The van der Waals surface area contributed by atoms with Crippen LogP contribution in [0.15, 0.2) is 18.2 Å². The van der Waals surface area contributed by atoms with Gasteiger partial charge in [0.15, 0.2) is 0 Å². The number of hydrogen-bond donors (Lipinski definition) is 1. The average Bonchev–Trinajstić information content (AvgIpc) is 2.88. The van der Waals surface area contributed by atoms with Crippen LogP contribution in [0.2, 0.25) is 5.15 Å². The van der Waals surface area contributed by atoms with Crippen molar-refractivity contribution in [2.75, 3.05) is 11.9 Å². The second-order valence-electron chi connectivity index (χ2n) is 3.50. The minimum absolute atomic E-state index is 0.552. The highest BCUT2D eigenvalue weighted by Crippen LogP contribution is 2.31. The van der Waals surface area contributed by atoms with E-state index in [4.69, 9.17) is 11.6 Å². The zero-order valence-corrected chi connectivity index (χ0v) is 8.22. The molecule has 1 aliphatic carbocycles. The van der Waals surface area contributed by atoms with E-state index in [2.05, 4.69) is 10.3 Å². The Kier molecular flexibility index (Phi) is 2.69. The van der Waals surface area contributed by atoms with E-state index in [9.17, 15) is 0 Å². The number of aromatic nitrogens is 1. The fourth-order valence-corrected chi connectivity index (χ4v) is 1.48. The highest BCUT2D eigenvalue weighted by atomic mass is 35.5. The summed E-state index contributed by atoms with van der Waals surface area (Å²) in [4.78, 5) is 4.14. The molecule has 1 fully saturated rings. The molecule has 1 aliphatic rings. The third-order valence-corrected chi connectivity index (χ3v) is 2.48. The third kappa shape index (κ3) is 2.88. The van der Waals surface area contributed by atoms with Crippen LogP contribution in [0.4, 0.5) is 5.82 Å². The van der Waals surface area contributed by atoms with Crippen LogP contribution in [-0.2, 0) is 0 Å². The Labute approximate surface area is 83.3 Å². The first kappa shape index (κ1) is 8.82. The van der Waals surface area contributed by atoms with Crippen LogP contribution in [0.3, 0.4) is 0 Å². The molecule has 1 aromatic heterocycles. The third-order valence-electron chi connectivity index (χ3n) is 2.27. The summed E-state index contributed by atoms with van der Waals surface area (Å²) < 4.78 is 0. The first-order valence-electron chi connectivity index (χ1n) is 4.71. The number of hydrogen-bond acceptors (Lipinski definition) is 2. The lowest BCUT2D eigenvalue weighted by Gasteiger charge is -2.04. The van der Waals surface area contributed by atoms with Crippen LogP contribution in [0.25, 0.3) is 0 Å². The number of anilines is 1. The van der Waals surface area contributed by atoms with E-state index < -0.39 is 0 Å². The lowest BCUT2D eigenvalue weighted by molar-refractivity contribution is 0.758. The van der Waals surface area contributed by atoms with Gasteiger partial charge in [-0.1, -0.05) is 30.5 Å². The summed E-state index contributed by atoms with van der Waals surface area (Å²) in [6.45, 7) is 1.01. The highest BCUT2D eigenvalue weighted by molar-refractivity contribution is 6.29. The first-order valence-corrected chi connectivity index (χ1v) is 5.09. The van der Waals surface area contributed by atoms with Crippen LogP contribution < -0.4 is 5.32 Å². The molecular formula is C10H13ClN2. The Balaban J connectivity index is 1.79. The maximum Gasteiger partial charge on any atom is 0.131 e. The van der Waals surface area contributed by atoms with Gasteiger partial charge in [-0.3, -0.25) is 0 Å². The summed E-state index contributed by atoms with van der Waals surface area (Å²) in [6.07, 6.45) is 4.07. The van der Waals surface area contributed by atoms with Crippen LogP contribution >= 0.6 is 11.6 Å². The Morgan fingerprint density at radius 1 is 1.46 bits per heavy atom. The van der Waals surface area contributed by atoms with Gasteiger partial charge in [0.2, 0.25) is 0 Å². The molecule has 1 aromatic rings. The number of halogens is 1. The summed E-state index contributed by atoms with van der Waals surface area (Å²) in [7, 11) is 0. The average molecular weight is 197 g/mol. The van der Waals surface area contributed by atoms with Gasteiger partial charge in [-0.25, -0.2) is 4.98 Å². The maximum atomic E-state index is 5.75. The van der Waals surface area contributed by atoms with Crippen molar-refractivity contribution in [1.29, 1.82) is 0 Å². The van der Waals surface area contributed by atoms with Crippen molar-refractivity contribution in [2.45, 2.75) is 19.3 Å². The molecule has 0 aromatic carbocycles. The van der Waals surface area contributed by atoms with E-state index in [-0.39, 0.29) is 0 Å². The van der Waals surface area contributed by atoms with Crippen LogP contribution in [0.1, 0.15) is 19.3 Å². The SMILES string of the molecule is Clc1cccc(NCCC2CC2)n1. The smallest absolute Gasteiger partial charge is 0.131 e. The largest absolute Gasteiger partial charge is 0.370 e. The molecule has 2 nitrogen and oxygen atoms in total. The number of nitrogens with zero attached hydrogens (tertiary/aromatic N) is 1. The number of nitrogens with one attached hydrogen (secondary N) is 1. The summed E-state index contributed by atoms with van der Waals surface area (Å²) in [5.74, 6) is 1.85. The standard InChI is InChI=1S/C10H13ClN2/c11-9-2-1-3-10(13-9)12-7-6-8-4-5-8/h1-3,8H,4-7H2,(H,12,13). The van der Waals surface area contributed by atoms with E-state index in [1.54, 1.807) is 6.07 Å². The van der Waals surface area contributed by atoms with E-state index in [0.717, 1.165) is 18.3 Å². The zero-order valence-electron chi connectivity index (χ0n) is 7.46. The van der Waals surface area contributed by atoms with Crippen molar-refractivity contribution < 1.29 is 0 Å². The summed E-state index contributed by atoms with van der Waals surface area (Å²) in [5, 5.41) is 3.81. The Morgan fingerprint density at radius 2 is 2.31 bits per heavy atom. The van der Waals surface area contributed by atoms with Crippen molar-refractivity contribution >= 4 is 17.4 Å². The molecule has 0 saturated heterocycles. The number of pyridine rings is 1. The topological polar surface area (TPSA) is 24.9 Å². The van der Waals surface area contributed by atoms with Gasteiger partial charge in [-0.2, -0.15) is 0 Å². The van der Waals surface area contributed by atoms with Gasteiger partial charge in [0.05, 0.1) is 0 Å². The van der Waals surface area contributed by atoms with Crippen molar-refractivity contribution in [3.63, 3.8) is 0 Å². The molecule has 0 amide bonds. The van der Waals surface area contributed by atoms with Gasteiger partial charge in [-0.15, -0.1) is 0 Å². The summed E-state index contributed by atoms with van der Waals surface area (Å²) in [6, 6.07) is 5.64. The summed E-state index contributed by atoms with van der Waals surface area (Å²) >= 11 is 5.75. The molecular weight excluding hydrogens is 184 g/mol. The van der Waals surface area contributed by atoms with Crippen molar-refractivity contribution in [2.24, 2.45) is 5.92 Å². The van der Waals surface area contributed by atoms with E-state index in [0.29, 0.717) is 5.15 Å². The van der Waals surface area contributed by atoms with Crippen LogP contribution in [-0.4, -0.2) is 11.5 Å². The Morgan fingerprint density at radius 3 is 3.00 bits per heavy atom. The Bertz CT molecular complexity index is 284. The monoisotopic (exact) mass is 196 g/mol. The predicted octanol–water partition coefficient (Wildman–Crippen LogP) is 2.95. The molecule has 1 heterocycles. The van der Waals surface area contributed by atoms with Gasteiger partial charge in [0.1, 0.15) is 11.0 Å². The molecule has 1 N–H and O–H groups in total. The van der Waals surface area contributed by atoms with Crippen LogP contribution in [0.5, 0.6) is 0 Å². The van der Waals surface area contributed by atoms with Crippen molar-refractivity contribution in [3.05, 3.63) is 23.4 Å². The minimum Gasteiger partial charge on any atom is -0.370 e. The molecule has 70 valence electrons. The van der Waals surface area contributed by atoms with Gasteiger partial charge < -0.3 is 5.32 Å². The molecule has 0 unspecified atom stereocenters. The van der Waals surface area contributed by atoms with Gasteiger partial charge >= 0.3 is 0 Å². The van der Waals surface area contributed by atoms with E-state index >= 15 is 0 Å². The normalized spacial score (nSPS) is 15.8. The fourth-order valence-electron chi connectivity index (χ4n) is 1.32. The second-order valence-corrected chi connectivity index (χ2v) is 3.89. The zero-order chi connectivity index (χ0) is 9.10. The molecule has 0 atom stereocenters. The van der Waals surface area contributed by atoms with Crippen molar-refractivity contribution in [3.8, 4) is 0 Å². The lowest BCUT2D eigenvalue weighted by atomic mass is 10.3. The van der Waals surface area contributed by atoms with Crippen molar-refractivity contribution in [1.82, 2.24) is 4.98 Å². The number of rotatable bonds is 4. The van der Waals surface area contributed by atoms with E-state index in [1.165, 1.54) is 19.3 Å². The molecule has 2 rings (SSSR count). The first-order chi connectivity index (χ1) is 6.34. The molecule has 0 aliphatic heterocycles. The van der Waals surface area contributed by atoms with Gasteiger partial charge in [-0.05, 0) is 24.5 Å². The second kappa shape index (κ2) is 3.97. The fraction of sp³-hybridized carbons (Fsp3) is 0.500. The quantitative estimate of drug-likeness (QED) is 0.750. The van der Waals surface area contributed by atoms with Gasteiger partial charge in [0, 0.05) is 6.54 Å². The Hall–Kier alpha value is -0.760. The lowest BCUT2D eigenvalue weighted by Crippen LogP contribution is -2.03. The molecule has 1 saturated carbocycles. The molecule has 0 spiro atoms. The molecule has 0 bridgehead atoms. The maximum absolute atomic E-state index is 5.75. The van der Waals surface area contributed by atoms with E-state index in [1.807, 2.05) is 12.1 Å². The highest BCUT2D eigenvalue weighted by Gasteiger charge is 2.20. The molecule has 3 heteroatoms. The van der Waals surface area contributed by atoms with Gasteiger partial charge in [0.25, 0.3) is 0 Å². The molecule has 0 radical (unpaired) electrons.